The zero-order chi connectivity index (χ0) is 19.7. The van der Waals surface area contributed by atoms with E-state index in [0.717, 1.165) is 22.2 Å². The molecule has 0 fully saturated rings. The summed E-state index contributed by atoms with van der Waals surface area (Å²) in [5, 5.41) is 6.65. The SMILES string of the molecule is COc1ccc2cc(NC(=O)N3Cc4ccccc4NC(=O)C3C)ccc2n1. The number of para-hydroxylation sites is 1. The quantitative estimate of drug-likeness (QED) is 0.716. The highest BCUT2D eigenvalue weighted by molar-refractivity contribution is 6.01. The van der Waals surface area contributed by atoms with E-state index in [-0.39, 0.29) is 11.9 Å². The first kappa shape index (κ1) is 17.8. The molecule has 0 radical (unpaired) electrons. The van der Waals surface area contributed by atoms with E-state index in [4.69, 9.17) is 4.74 Å². The van der Waals surface area contributed by atoms with Gasteiger partial charge >= 0.3 is 6.03 Å². The Hall–Kier alpha value is -3.61. The Morgan fingerprint density at radius 3 is 2.86 bits per heavy atom. The van der Waals surface area contributed by atoms with Gasteiger partial charge in [-0.1, -0.05) is 18.2 Å². The molecule has 0 saturated heterocycles. The molecule has 28 heavy (non-hydrogen) atoms. The Balaban J connectivity index is 1.58. The van der Waals surface area contributed by atoms with Gasteiger partial charge in [0.05, 0.1) is 19.2 Å². The van der Waals surface area contributed by atoms with E-state index >= 15 is 0 Å². The molecule has 2 aromatic carbocycles. The van der Waals surface area contributed by atoms with Gasteiger partial charge < -0.3 is 20.3 Å². The van der Waals surface area contributed by atoms with E-state index in [1.807, 2.05) is 42.5 Å². The van der Waals surface area contributed by atoms with Gasteiger partial charge in [0.25, 0.3) is 0 Å². The molecule has 1 aliphatic heterocycles. The molecular weight excluding hydrogens is 356 g/mol. The summed E-state index contributed by atoms with van der Waals surface area (Å²) in [5.41, 5.74) is 3.04. The number of anilines is 2. The standard InChI is InChI=1S/C21H20N4O3/c1-13-20(26)24-17-6-4-3-5-15(17)12-25(13)21(27)22-16-8-9-18-14(11-16)7-10-19(23-18)28-2/h3-11,13H,12H2,1-2H3,(H,22,27)(H,24,26). The number of carbonyl (C=O) groups excluding carboxylic acids is 2. The number of ether oxygens (including phenoxy) is 1. The molecule has 0 spiro atoms. The van der Waals surface area contributed by atoms with Crippen molar-refractivity contribution >= 4 is 34.2 Å². The van der Waals surface area contributed by atoms with E-state index in [0.29, 0.717) is 18.1 Å². The van der Waals surface area contributed by atoms with Crippen molar-refractivity contribution in [1.82, 2.24) is 9.88 Å². The van der Waals surface area contributed by atoms with Crippen LogP contribution in [0.4, 0.5) is 16.2 Å². The van der Waals surface area contributed by atoms with Crippen LogP contribution >= 0.6 is 0 Å². The minimum atomic E-state index is -0.598. The normalized spacial score (nSPS) is 16.1. The maximum Gasteiger partial charge on any atom is 0.322 e. The van der Waals surface area contributed by atoms with Crippen molar-refractivity contribution in [2.75, 3.05) is 17.7 Å². The van der Waals surface area contributed by atoms with Gasteiger partial charge in [0.15, 0.2) is 0 Å². The zero-order valence-electron chi connectivity index (χ0n) is 15.6. The number of amides is 3. The van der Waals surface area contributed by atoms with Crippen LogP contribution < -0.4 is 15.4 Å². The first-order chi connectivity index (χ1) is 13.5. The van der Waals surface area contributed by atoms with Gasteiger partial charge in [0, 0.05) is 22.8 Å². The second kappa shape index (κ2) is 7.19. The molecular formula is C21H20N4O3. The fourth-order valence-electron chi connectivity index (χ4n) is 3.22. The van der Waals surface area contributed by atoms with Gasteiger partial charge in [0.1, 0.15) is 6.04 Å². The molecule has 0 saturated carbocycles. The van der Waals surface area contributed by atoms with Crippen LogP contribution in [0.5, 0.6) is 5.88 Å². The Kier molecular flexibility index (Phi) is 4.57. The fourth-order valence-corrected chi connectivity index (χ4v) is 3.22. The Bertz CT molecular complexity index is 1070. The molecule has 7 heteroatoms. The molecule has 7 nitrogen and oxygen atoms in total. The predicted octanol–water partition coefficient (Wildman–Crippen LogP) is 3.62. The lowest BCUT2D eigenvalue weighted by molar-refractivity contribution is -0.119. The van der Waals surface area contributed by atoms with Crippen LogP contribution in [0.15, 0.2) is 54.6 Å². The van der Waals surface area contributed by atoms with Gasteiger partial charge in [-0.25, -0.2) is 9.78 Å². The highest BCUT2D eigenvalue weighted by atomic mass is 16.5. The summed E-state index contributed by atoms with van der Waals surface area (Å²) in [5.74, 6) is 0.322. The number of urea groups is 1. The van der Waals surface area contributed by atoms with Crippen molar-refractivity contribution in [3.8, 4) is 5.88 Å². The molecule has 1 aromatic heterocycles. The van der Waals surface area contributed by atoms with Crippen LogP contribution in [0.3, 0.4) is 0 Å². The Morgan fingerprint density at radius 2 is 2.04 bits per heavy atom. The third kappa shape index (κ3) is 3.34. The summed E-state index contributed by atoms with van der Waals surface area (Å²) in [6.07, 6.45) is 0. The number of carbonyl (C=O) groups is 2. The number of methoxy groups -OCH3 is 1. The minimum Gasteiger partial charge on any atom is -0.481 e. The fraction of sp³-hybridized carbons (Fsp3) is 0.190. The Morgan fingerprint density at radius 1 is 1.21 bits per heavy atom. The first-order valence-corrected chi connectivity index (χ1v) is 8.96. The lowest BCUT2D eigenvalue weighted by atomic mass is 10.1. The number of nitrogens with zero attached hydrogens (tertiary/aromatic N) is 2. The smallest absolute Gasteiger partial charge is 0.322 e. The van der Waals surface area contributed by atoms with Gasteiger partial charge in [0.2, 0.25) is 11.8 Å². The maximum absolute atomic E-state index is 12.9. The molecule has 0 bridgehead atoms. The molecule has 1 unspecified atom stereocenters. The summed E-state index contributed by atoms with van der Waals surface area (Å²) >= 11 is 0. The number of hydrogen-bond acceptors (Lipinski definition) is 4. The molecule has 0 aliphatic carbocycles. The number of rotatable bonds is 2. The number of fused-ring (bicyclic) bond motifs is 2. The molecule has 3 amide bonds. The molecule has 2 heterocycles. The van der Waals surface area contributed by atoms with E-state index in [1.165, 1.54) is 4.90 Å². The summed E-state index contributed by atoms with van der Waals surface area (Å²) in [6, 6.07) is 15.7. The third-order valence-electron chi connectivity index (χ3n) is 4.85. The maximum atomic E-state index is 12.9. The lowest BCUT2D eigenvalue weighted by Gasteiger charge is -2.26. The van der Waals surface area contributed by atoms with Crippen LogP contribution in [0.25, 0.3) is 10.9 Å². The number of nitrogens with one attached hydrogen (secondary N) is 2. The minimum absolute atomic E-state index is 0.213. The number of pyridine rings is 1. The second-order valence-electron chi connectivity index (χ2n) is 6.64. The van der Waals surface area contributed by atoms with Crippen LogP contribution in [0, 0.1) is 0 Å². The number of hydrogen-bond donors (Lipinski definition) is 2. The topological polar surface area (TPSA) is 83.6 Å². The van der Waals surface area contributed by atoms with Gasteiger partial charge in [-0.2, -0.15) is 0 Å². The molecule has 1 atom stereocenters. The summed E-state index contributed by atoms with van der Waals surface area (Å²) in [7, 11) is 1.57. The summed E-state index contributed by atoms with van der Waals surface area (Å²) in [6.45, 7) is 2.06. The zero-order valence-corrected chi connectivity index (χ0v) is 15.6. The van der Waals surface area contributed by atoms with Crippen LogP contribution in [-0.4, -0.2) is 35.0 Å². The molecule has 4 rings (SSSR count). The summed E-state index contributed by atoms with van der Waals surface area (Å²) < 4.78 is 5.13. The van der Waals surface area contributed by atoms with Crippen molar-refractivity contribution in [3.05, 3.63) is 60.2 Å². The van der Waals surface area contributed by atoms with Crippen LogP contribution in [0.2, 0.25) is 0 Å². The second-order valence-corrected chi connectivity index (χ2v) is 6.64. The third-order valence-corrected chi connectivity index (χ3v) is 4.85. The van der Waals surface area contributed by atoms with Crippen molar-refractivity contribution in [2.24, 2.45) is 0 Å². The van der Waals surface area contributed by atoms with Gasteiger partial charge in [-0.05, 0) is 42.8 Å². The molecule has 142 valence electrons. The first-order valence-electron chi connectivity index (χ1n) is 8.96. The highest BCUT2D eigenvalue weighted by Crippen LogP contribution is 2.25. The average Bonchev–Trinajstić information content (AvgIpc) is 2.84. The van der Waals surface area contributed by atoms with Crippen molar-refractivity contribution in [2.45, 2.75) is 19.5 Å². The highest BCUT2D eigenvalue weighted by Gasteiger charge is 2.30. The van der Waals surface area contributed by atoms with Crippen molar-refractivity contribution in [3.63, 3.8) is 0 Å². The van der Waals surface area contributed by atoms with E-state index in [2.05, 4.69) is 15.6 Å². The van der Waals surface area contributed by atoms with Crippen molar-refractivity contribution in [1.29, 1.82) is 0 Å². The predicted molar refractivity (Wildman–Crippen MR) is 107 cm³/mol. The van der Waals surface area contributed by atoms with E-state index < -0.39 is 6.04 Å². The van der Waals surface area contributed by atoms with Crippen LogP contribution in [-0.2, 0) is 11.3 Å². The number of aromatic nitrogens is 1. The van der Waals surface area contributed by atoms with Crippen LogP contribution in [0.1, 0.15) is 12.5 Å². The molecule has 1 aliphatic rings. The average molecular weight is 376 g/mol. The monoisotopic (exact) mass is 376 g/mol. The van der Waals surface area contributed by atoms with Crippen molar-refractivity contribution < 1.29 is 14.3 Å². The summed E-state index contributed by atoms with van der Waals surface area (Å²) in [4.78, 5) is 31.2. The van der Waals surface area contributed by atoms with E-state index in [9.17, 15) is 9.59 Å². The van der Waals surface area contributed by atoms with Gasteiger partial charge in [-0.3, -0.25) is 4.79 Å². The number of benzene rings is 2. The largest absolute Gasteiger partial charge is 0.481 e. The lowest BCUT2D eigenvalue weighted by Crippen LogP contribution is -2.45. The van der Waals surface area contributed by atoms with Gasteiger partial charge in [-0.15, -0.1) is 0 Å². The Labute approximate surface area is 162 Å². The molecule has 3 aromatic rings. The van der Waals surface area contributed by atoms with E-state index in [1.54, 1.807) is 26.2 Å². The molecule has 2 N–H and O–H groups in total.